The number of likely N-dealkylation sites (tertiary alicyclic amines) is 1. The summed E-state index contributed by atoms with van der Waals surface area (Å²) in [6, 6.07) is 6.04. The fourth-order valence-electron chi connectivity index (χ4n) is 3.71. The summed E-state index contributed by atoms with van der Waals surface area (Å²) in [5.41, 5.74) is 4.41. The summed E-state index contributed by atoms with van der Waals surface area (Å²) in [6.45, 7) is 5.90. The molecule has 7 heteroatoms. The van der Waals surface area contributed by atoms with E-state index in [9.17, 15) is 0 Å². The standard InChI is InChI=1S/C18H22N6O/c1-12-17(13(2)23(3)21-12)15-8-6-10-24(15)11-16-20-18(22-25-16)14-7-4-5-9-19-14/h4-5,7,9,15H,6,8,10-11H2,1-3H3/t15-/m1/s1. The van der Waals surface area contributed by atoms with E-state index in [2.05, 4.69) is 39.0 Å². The maximum Gasteiger partial charge on any atom is 0.241 e. The normalized spacial score (nSPS) is 18.1. The van der Waals surface area contributed by atoms with Crippen molar-refractivity contribution in [3.8, 4) is 11.5 Å². The number of aromatic nitrogens is 5. The molecule has 1 fully saturated rings. The minimum absolute atomic E-state index is 0.360. The van der Waals surface area contributed by atoms with Crippen molar-refractivity contribution in [2.24, 2.45) is 7.05 Å². The lowest BCUT2D eigenvalue weighted by Gasteiger charge is -2.23. The van der Waals surface area contributed by atoms with Gasteiger partial charge in [-0.05, 0) is 45.4 Å². The average Bonchev–Trinajstić information content (AvgIpc) is 3.31. The molecule has 0 unspecified atom stereocenters. The van der Waals surface area contributed by atoms with Crippen molar-refractivity contribution in [3.63, 3.8) is 0 Å². The molecule has 3 aromatic heterocycles. The summed E-state index contributed by atoms with van der Waals surface area (Å²) in [5, 5.41) is 8.64. The molecule has 4 heterocycles. The third-order valence-corrected chi connectivity index (χ3v) is 4.96. The maximum atomic E-state index is 5.47. The summed E-state index contributed by atoms with van der Waals surface area (Å²) in [5.74, 6) is 1.17. The molecule has 1 aliphatic rings. The largest absolute Gasteiger partial charge is 0.337 e. The molecule has 0 spiro atoms. The van der Waals surface area contributed by atoms with E-state index in [1.54, 1.807) is 6.20 Å². The molecular weight excluding hydrogens is 316 g/mol. The van der Waals surface area contributed by atoms with Crippen LogP contribution in [0.4, 0.5) is 0 Å². The third kappa shape index (κ3) is 2.95. The Bertz CT molecular complexity index is 869. The van der Waals surface area contributed by atoms with Crippen molar-refractivity contribution < 1.29 is 4.52 Å². The SMILES string of the molecule is Cc1nn(C)c(C)c1[C@H]1CCCN1Cc1nc(-c2ccccn2)no1. The highest BCUT2D eigenvalue weighted by molar-refractivity contribution is 5.47. The molecule has 0 radical (unpaired) electrons. The fourth-order valence-corrected chi connectivity index (χ4v) is 3.71. The van der Waals surface area contributed by atoms with Crippen LogP contribution in [0.2, 0.25) is 0 Å². The van der Waals surface area contributed by atoms with Crippen LogP contribution < -0.4 is 0 Å². The van der Waals surface area contributed by atoms with Gasteiger partial charge in [-0.2, -0.15) is 10.1 Å². The fraction of sp³-hybridized carbons (Fsp3) is 0.444. The molecule has 0 N–H and O–H groups in total. The molecule has 25 heavy (non-hydrogen) atoms. The minimum atomic E-state index is 0.360. The van der Waals surface area contributed by atoms with Crippen LogP contribution in [0.15, 0.2) is 28.9 Å². The van der Waals surface area contributed by atoms with Crippen molar-refractivity contribution in [3.05, 3.63) is 47.2 Å². The molecule has 4 rings (SSSR count). The maximum absolute atomic E-state index is 5.47. The van der Waals surface area contributed by atoms with E-state index in [1.807, 2.05) is 29.9 Å². The summed E-state index contributed by atoms with van der Waals surface area (Å²) < 4.78 is 7.43. The van der Waals surface area contributed by atoms with Crippen LogP contribution >= 0.6 is 0 Å². The van der Waals surface area contributed by atoms with Crippen LogP contribution in [-0.2, 0) is 13.6 Å². The Morgan fingerprint density at radius 1 is 1.28 bits per heavy atom. The number of hydrogen-bond donors (Lipinski definition) is 0. The highest BCUT2D eigenvalue weighted by Crippen LogP contribution is 2.36. The van der Waals surface area contributed by atoms with Gasteiger partial charge in [-0.1, -0.05) is 11.2 Å². The highest BCUT2D eigenvalue weighted by atomic mass is 16.5. The van der Waals surface area contributed by atoms with E-state index in [-0.39, 0.29) is 0 Å². The number of pyridine rings is 1. The first-order valence-corrected chi connectivity index (χ1v) is 8.61. The number of rotatable bonds is 4. The van der Waals surface area contributed by atoms with Gasteiger partial charge in [0.2, 0.25) is 11.7 Å². The zero-order chi connectivity index (χ0) is 17.4. The molecule has 0 aromatic carbocycles. The van der Waals surface area contributed by atoms with Gasteiger partial charge in [0.15, 0.2) is 0 Å². The van der Waals surface area contributed by atoms with Crippen molar-refractivity contribution in [2.45, 2.75) is 39.3 Å². The molecule has 1 atom stereocenters. The van der Waals surface area contributed by atoms with Crippen molar-refractivity contribution in [1.82, 2.24) is 29.8 Å². The van der Waals surface area contributed by atoms with Gasteiger partial charge >= 0.3 is 0 Å². The number of hydrogen-bond acceptors (Lipinski definition) is 6. The quantitative estimate of drug-likeness (QED) is 0.728. The van der Waals surface area contributed by atoms with E-state index in [1.165, 1.54) is 17.7 Å². The van der Waals surface area contributed by atoms with Gasteiger partial charge in [0, 0.05) is 30.5 Å². The van der Waals surface area contributed by atoms with Crippen molar-refractivity contribution >= 4 is 0 Å². The number of aryl methyl sites for hydroxylation is 2. The van der Waals surface area contributed by atoms with Crippen LogP contribution in [-0.4, -0.2) is 36.3 Å². The van der Waals surface area contributed by atoms with Crippen molar-refractivity contribution in [2.75, 3.05) is 6.54 Å². The minimum Gasteiger partial charge on any atom is -0.337 e. The summed E-state index contributed by atoms with van der Waals surface area (Å²) in [4.78, 5) is 11.2. The van der Waals surface area contributed by atoms with E-state index < -0.39 is 0 Å². The predicted octanol–water partition coefficient (Wildman–Crippen LogP) is 2.82. The summed E-state index contributed by atoms with van der Waals surface area (Å²) >= 11 is 0. The Balaban J connectivity index is 1.55. The van der Waals surface area contributed by atoms with Crippen molar-refractivity contribution in [1.29, 1.82) is 0 Å². The van der Waals surface area contributed by atoms with Crippen LogP contribution in [0.1, 0.15) is 41.7 Å². The monoisotopic (exact) mass is 338 g/mol. The van der Waals surface area contributed by atoms with E-state index >= 15 is 0 Å². The second-order valence-electron chi connectivity index (χ2n) is 6.56. The van der Waals surface area contributed by atoms with Crippen LogP contribution in [0, 0.1) is 13.8 Å². The number of nitrogens with zero attached hydrogens (tertiary/aromatic N) is 6. The van der Waals surface area contributed by atoms with Gasteiger partial charge in [-0.3, -0.25) is 14.6 Å². The predicted molar refractivity (Wildman–Crippen MR) is 92.6 cm³/mol. The molecule has 0 aliphatic carbocycles. The molecule has 0 saturated carbocycles. The van der Waals surface area contributed by atoms with E-state index in [0.717, 1.165) is 24.4 Å². The molecule has 0 bridgehead atoms. The molecule has 130 valence electrons. The lowest BCUT2D eigenvalue weighted by molar-refractivity contribution is 0.211. The Kier molecular flexibility index (Phi) is 4.09. The van der Waals surface area contributed by atoms with Crippen LogP contribution in [0.3, 0.4) is 0 Å². The molecule has 0 amide bonds. The summed E-state index contributed by atoms with van der Waals surface area (Å²) in [7, 11) is 2.00. The van der Waals surface area contributed by atoms with Gasteiger partial charge in [0.1, 0.15) is 5.69 Å². The molecule has 1 aliphatic heterocycles. The first-order valence-electron chi connectivity index (χ1n) is 8.61. The second-order valence-corrected chi connectivity index (χ2v) is 6.56. The smallest absolute Gasteiger partial charge is 0.241 e. The lowest BCUT2D eigenvalue weighted by Crippen LogP contribution is -2.23. The molecule has 7 nitrogen and oxygen atoms in total. The highest BCUT2D eigenvalue weighted by Gasteiger charge is 2.31. The molecule has 3 aromatic rings. The van der Waals surface area contributed by atoms with Gasteiger partial charge < -0.3 is 4.52 Å². The Morgan fingerprint density at radius 2 is 2.16 bits per heavy atom. The van der Waals surface area contributed by atoms with Gasteiger partial charge in [-0.15, -0.1) is 0 Å². The molecular formula is C18H22N6O. The van der Waals surface area contributed by atoms with Gasteiger partial charge in [0.05, 0.1) is 12.2 Å². The Morgan fingerprint density at radius 3 is 2.88 bits per heavy atom. The van der Waals surface area contributed by atoms with E-state index in [4.69, 9.17) is 4.52 Å². The average molecular weight is 338 g/mol. The Labute approximate surface area is 146 Å². The lowest BCUT2D eigenvalue weighted by atomic mass is 10.0. The van der Waals surface area contributed by atoms with E-state index in [0.29, 0.717) is 24.3 Å². The third-order valence-electron chi connectivity index (χ3n) is 4.96. The second kappa shape index (κ2) is 6.40. The van der Waals surface area contributed by atoms with Crippen LogP contribution in [0.5, 0.6) is 0 Å². The topological polar surface area (TPSA) is 72.9 Å². The summed E-state index contributed by atoms with van der Waals surface area (Å²) in [6.07, 6.45) is 4.03. The first kappa shape index (κ1) is 16.0. The Hall–Kier alpha value is -2.54. The first-order chi connectivity index (χ1) is 12.1. The van der Waals surface area contributed by atoms with Gasteiger partial charge in [0.25, 0.3) is 0 Å². The zero-order valence-electron chi connectivity index (χ0n) is 14.8. The van der Waals surface area contributed by atoms with Crippen LogP contribution in [0.25, 0.3) is 11.5 Å². The zero-order valence-corrected chi connectivity index (χ0v) is 14.8. The molecule has 1 saturated heterocycles. The van der Waals surface area contributed by atoms with Gasteiger partial charge in [-0.25, -0.2) is 0 Å².